The maximum absolute atomic E-state index is 15.5. The summed E-state index contributed by atoms with van der Waals surface area (Å²) in [6.07, 6.45) is 3.61. The van der Waals surface area contributed by atoms with Crippen LogP contribution >= 0.6 is 23.2 Å². The van der Waals surface area contributed by atoms with Crippen molar-refractivity contribution < 1.29 is 27.2 Å². The normalized spacial score (nSPS) is 13.3. The molecule has 2 aromatic heterocycles. The first-order valence-corrected chi connectivity index (χ1v) is 12.4. The molecule has 9 nitrogen and oxygen atoms in total. The van der Waals surface area contributed by atoms with Crippen molar-refractivity contribution in [1.82, 2.24) is 19.2 Å². The number of amides is 1. The van der Waals surface area contributed by atoms with Gasteiger partial charge in [0.2, 0.25) is 5.88 Å². The highest BCUT2D eigenvalue weighted by Crippen LogP contribution is 2.39. The van der Waals surface area contributed by atoms with Crippen LogP contribution in [0.4, 0.5) is 4.48 Å². The summed E-state index contributed by atoms with van der Waals surface area (Å²) >= 11 is 12.6. The zero-order valence-electron chi connectivity index (χ0n) is 18.6. The smallest absolute Gasteiger partial charge is 0.335 e. The number of benzene rings is 1. The highest BCUT2D eigenvalue weighted by atomic mass is 35.5. The predicted octanol–water partition coefficient (Wildman–Crippen LogP) is 4.45. The molecule has 0 aliphatic carbocycles. The number of nitrogens with one attached hydrogen (secondary N) is 1. The topological polar surface area (TPSA) is 111 Å². The maximum atomic E-state index is 15.5. The molecule has 3 aromatic rings. The lowest BCUT2D eigenvalue weighted by molar-refractivity contribution is -0.0699. The molecule has 1 unspecified atom stereocenters. The first-order valence-electron chi connectivity index (χ1n) is 10.2. The summed E-state index contributed by atoms with van der Waals surface area (Å²) in [5.41, 5.74) is -0.210. The highest BCUT2D eigenvalue weighted by Gasteiger charge is 2.49. The molecule has 3 rings (SSSR count). The van der Waals surface area contributed by atoms with Crippen LogP contribution in [-0.4, -0.2) is 35.4 Å². The van der Waals surface area contributed by atoms with Crippen molar-refractivity contribution in [3.8, 4) is 11.6 Å². The Morgan fingerprint density at radius 2 is 1.91 bits per heavy atom. The zero-order chi connectivity index (χ0) is 25.6. The molecule has 0 saturated heterocycles. The van der Waals surface area contributed by atoms with E-state index in [2.05, 4.69) is 9.97 Å². The number of alkyl halides is 1. The molecule has 1 atom stereocenters. The quantitative estimate of drug-likeness (QED) is 0.174. The Morgan fingerprint density at radius 1 is 1.20 bits per heavy atom. The number of rotatable bonds is 10. The Bertz CT molecular complexity index is 1270. The number of ether oxygens (including phenoxy) is 2. The molecule has 1 aromatic carbocycles. The lowest BCUT2D eigenvalue weighted by Crippen LogP contribution is -2.50. The average molecular weight is 543 g/mol. The molecule has 2 heterocycles. The van der Waals surface area contributed by atoms with Crippen LogP contribution in [-0.2, 0) is 15.4 Å². The van der Waals surface area contributed by atoms with Crippen LogP contribution in [0.2, 0.25) is 5.02 Å². The molecule has 186 valence electrons. The molecule has 1 amide bonds. The standard InChI is InChI=1S/C22H21Cl2FN4O5S/c1-15(2)14-33-21-19(23)11-18(13-27-21)34-22(24,17-9-6-10-26-12-17)29(25)35(31,32)28-20(30)16-7-4-3-5-8-16/h3-13,15H,14H2,1-2H3,(H,28,30). The average Bonchev–Trinajstić information content (AvgIpc) is 2.83. The molecule has 0 spiro atoms. The van der Waals surface area contributed by atoms with Crippen LogP contribution in [0.15, 0.2) is 67.1 Å². The van der Waals surface area contributed by atoms with Gasteiger partial charge in [-0.15, -0.1) is 4.48 Å². The number of pyridine rings is 2. The molecule has 0 fully saturated rings. The summed E-state index contributed by atoms with van der Waals surface area (Å²) in [6.45, 7) is 4.22. The summed E-state index contributed by atoms with van der Waals surface area (Å²) in [6, 6.07) is 11.3. The third-order valence-corrected chi connectivity index (χ3v) is 6.24. The van der Waals surface area contributed by atoms with Gasteiger partial charge in [-0.25, -0.2) is 9.71 Å². The van der Waals surface area contributed by atoms with E-state index >= 15 is 4.48 Å². The second kappa shape index (κ2) is 11.2. The number of aromatic nitrogens is 2. The molecule has 0 saturated carbocycles. The minimum absolute atomic E-state index is 0.0140. The van der Waals surface area contributed by atoms with Crippen molar-refractivity contribution in [2.75, 3.05) is 6.61 Å². The summed E-state index contributed by atoms with van der Waals surface area (Å²) in [5.74, 6) is -0.941. The van der Waals surface area contributed by atoms with Crippen molar-refractivity contribution in [2.45, 2.75) is 19.0 Å². The SMILES string of the molecule is CC(C)COc1ncc(OC(Cl)(c2cccnc2)N(F)S(=O)(=O)NC(=O)c2ccccc2)cc1Cl. The van der Waals surface area contributed by atoms with Crippen molar-refractivity contribution in [3.63, 3.8) is 0 Å². The second-order valence-corrected chi connectivity index (χ2v) is 9.98. The molecular formula is C22H21Cl2FN4O5S. The number of carbonyl (C=O) groups is 1. The number of halogens is 3. The Labute approximate surface area is 211 Å². The van der Waals surface area contributed by atoms with Gasteiger partial charge in [-0.1, -0.05) is 43.6 Å². The van der Waals surface area contributed by atoms with Crippen LogP contribution in [0.1, 0.15) is 29.8 Å². The van der Waals surface area contributed by atoms with E-state index in [1.54, 1.807) is 10.8 Å². The van der Waals surface area contributed by atoms with Gasteiger partial charge >= 0.3 is 15.4 Å². The predicted molar refractivity (Wildman–Crippen MR) is 128 cm³/mol. The van der Waals surface area contributed by atoms with Crippen molar-refractivity contribution >= 4 is 39.3 Å². The highest BCUT2D eigenvalue weighted by molar-refractivity contribution is 7.87. The molecule has 0 bridgehead atoms. The van der Waals surface area contributed by atoms with Crippen LogP contribution in [0.3, 0.4) is 0 Å². The van der Waals surface area contributed by atoms with Crippen molar-refractivity contribution in [3.05, 3.63) is 83.3 Å². The van der Waals surface area contributed by atoms with Gasteiger partial charge in [0.25, 0.3) is 5.91 Å². The number of hydrogen-bond acceptors (Lipinski definition) is 7. The third-order valence-electron chi connectivity index (χ3n) is 4.30. The van der Waals surface area contributed by atoms with E-state index in [-0.39, 0.29) is 33.7 Å². The van der Waals surface area contributed by atoms with Gasteiger partial charge in [0.1, 0.15) is 10.8 Å². The fourth-order valence-electron chi connectivity index (χ4n) is 2.67. The Morgan fingerprint density at radius 3 is 2.51 bits per heavy atom. The first kappa shape index (κ1) is 26.6. The van der Waals surface area contributed by atoms with Gasteiger partial charge in [-0.2, -0.15) is 8.42 Å². The number of nitrogens with zero attached hydrogens (tertiary/aromatic N) is 3. The zero-order valence-corrected chi connectivity index (χ0v) is 20.9. The summed E-state index contributed by atoms with van der Waals surface area (Å²) in [4.78, 5) is 20.2. The second-order valence-electron chi connectivity index (χ2n) is 7.59. The van der Waals surface area contributed by atoms with Gasteiger partial charge in [0.05, 0.1) is 12.8 Å². The summed E-state index contributed by atoms with van der Waals surface area (Å²) in [7, 11) is -5.17. The molecule has 1 N–H and O–H groups in total. The number of hydrogen-bond donors (Lipinski definition) is 1. The largest absolute Gasteiger partial charge is 0.476 e. The van der Waals surface area contributed by atoms with Gasteiger partial charge < -0.3 is 9.47 Å². The van der Waals surface area contributed by atoms with E-state index in [1.165, 1.54) is 48.7 Å². The lowest BCUT2D eigenvalue weighted by atomic mass is 10.2. The maximum Gasteiger partial charge on any atom is 0.335 e. The summed E-state index contributed by atoms with van der Waals surface area (Å²) < 4.78 is 52.9. The Hall–Kier alpha value is -2.99. The van der Waals surface area contributed by atoms with Crippen molar-refractivity contribution in [1.29, 1.82) is 0 Å². The molecule has 0 radical (unpaired) electrons. The third kappa shape index (κ3) is 6.57. The molecule has 35 heavy (non-hydrogen) atoms. The molecule has 13 heteroatoms. The van der Waals surface area contributed by atoms with Crippen molar-refractivity contribution in [2.24, 2.45) is 5.92 Å². The van der Waals surface area contributed by atoms with E-state index in [9.17, 15) is 13.2 Å². The van der Waals surface area contributed by atoms with Crippen LogP contribution in [0, 0.1) is 5.92 Å². The van der Waals surface area contributed by atoms with E-state index in [1.807, 2.05) is 13.8 Å². The van der Waals surface area contributed by atoms with E-state index in [0.717, 1.165) is 12.4 Å². The monoisotopic (exact) mass is 542 g/mol. The van der Waals surface area contributed by atoms with Crippen LogP contribution in [0.25, 0.3) is 0 Å². The minimum atomic E-state index is -5.17. The summed E-state index contributed by atoms with van der Waals surface area (Å²) in [5, 5.41) is -2.79. The Kier molecular flexibility index (Phi) is 8.49. The molecular weight excluding hydrogens is 522 g/mol. The lowest BCUT2D eigenvalue weighted by Gasteiger charge is -2.31. The molecule has 0 aliphatic heterocycles. The fourth-order valence-corrected chi connectivity index (χ4v) is 4.24. The van der Waals surface area contributed by atoms with E-state index in [4.69, 9.17) is 32.7 Å². The van der Waals surface area contributed by atoms with Gasteiger partial charge in [0.15, 0.2) is 0 Å². The van der Waals surface area contributed by atoms with E-state index < -0.39 is 25.8 Å². The molecule has 0 aliphatic rings. The van der Waals surface area contributed by atoms with E-state index in [0.29, 0.717) is 6.61 Å². The van der Waals surface area contributed by atoms with Crippen LogP contribution in [0.5, 0.6) is 11.6 Å². The van der Waals surface area contributed by atoms with Crippen LogP contribution < -0.4 is 14.2 Å². The minimum Gasteiger partial charge on any atom is -0.476 e. The van der Waals surface area contributed by atoms with Gasteiger partial charge in [-0.3, -0.25) is 9.78 Å². The van der Waals surface area contributed by atoms with Gasteiger partial charge in [0, 0.05) is 34.1 Å². The number of carbonyl (C=O) groups excluding carboxylic acids is 1. The first-order chi connectivity index (χ1) is 16.5. The Balaban J connectivity index is 1.92. The fraction of sp³-hybridized carbons (Fsp3) is 0.227. The van der Waals surface area contributed by atoms with Gasteiger partial charge in [-0.05, 0) is 41.8 Å².